The molecule has 0 aliphatic heterocycles. The molecule has 2 rings (SSSR count). The van der Waals surface area contributed by atoms with E-state index in [0.29, 0.717) is 24.7 Å². The summed E-state index contributed by atoms with van der Waals surface area (Å²) in [6.45, 7) is 7.51. The number of para-hydroxylation sites is 1. The second kappa shape index (κ2) is 7.88. The van der Waals surface area contributed by atoms with E-state index in [1.165, 1.54) is 6.33 Å². The highest BCUT2D eigenvalue weighted by molar-refractivity contribution is 6.03. The number of carbonyl (C=O) groups is 1. The third-order valence-electron chi connectivity index (χ3n) is 3.50. The van der Waals surface area contributed by atoms with E-state index in [1.807, 2.05) is 24.3 Å². The predicted octanol–water partition coefficient (Wildman–Crippen LogP) is 3.08. The fourth-order valence-electron chi connectivity index (χ4n) is 2.29. The number of aromatic nitrogens is 2. The van der Waals surface area contributed by atoms with Crippen LogP contribution in [-0.4, -0.2) is 36.1 Å². The standard InChI is InChI=1S/C18H24N4O2/c1-18(2,3)13-7-5-6-8-14(13)22-17(23)15-11-16(21-12-20-15)19-9-10-24-4/h5-8,11-12H,9-10H2,1-4H3,(H,22,23)(H,19,20,21). The second-order valence-corrected chi connectivity index (χ2v) is 6.46. The number of hydrogen-bond acceptors (Lipinski definition) is 5. The number of nitrogens with zero attached hydrogens (tertiary/aromatic N) is 2. The summed E-state index contributed by atoms with van der Waals surface area (Å²) >= 11 is 0. The molecule has 0 aliphatic rings. The van der Waals surface area contributed by atoms with Gasteiger partial charge in [0.25, 0.3) is 5.91 Å². The van der Waals surface area contributed by atoms with Gasteiger partial charge in [-0.3, -0.25) is 4.79 Å². The third-order valence-corrected chi connectivity index (χ3v) is 3.50. The van der Waals surface area contributed by atoms with Gasteiger partial charge < -0.3 is 15.4 Å². The van der Waals surface area contributed by atoms with Crippen molar-refractivity contribution in [3.8, 4) is 0 Å². The number of nitrogens with one attached hydrogen (secondary N) is 2. The lowest BCUT2D eigenvalue weighted by Gasteiger charge is -2.22. The topological polar surface area (TPSA) is 76.1 Å². The maximum absolute atomic E-state index is 12.5. The Morgan fingerprint density at radius 2 is 1.96 bits per heavy atom. The molecule has 1 aromatic heterocycles. The van der Waals surface area contributed by atoms with Crippen molar-refractivity contribution in [2.24, 2.45) is 0 Å². The van der Waals surface area contributed by atoms with E-state index in [1.54, 1.807) is 13.2 Å². The molecule has 1 aromatic carbocycles. The minimum atomic E-state index is -0.260. The van der Waals surface area contributed by atoms with Gasteiger partial charge in [0.05, 0.1) is 6.61 Å². The SMILES string of the molecule is COCCNc1cc(C(=O)Nc2ccccc2C(C)(C)C)ncn1. The summed E-state index contributed by atoms with van der Waals surface area (Å²) in [6, 6.07) is 9.43. The molecule has 0 fully saturated rings. The molecule has 1 heterocycles. The van der Waals surface area contributed by atoms with Gasteiger partial charge in [0, 0.05) is 25.4 Å². The first-order valence-corrected chi connectivity index (χ1v) is 7.87. The zero-order valence-corrected chi connectivity index (χ0v) is 14.6. The quantitative estimate of drug-likeness (QED) is 0.797. The molecule has 6 heteroatoms. The molecule has 6 nitrogen and oxygen atoms in total. The Balaban J connectivity index is 2.15. The van der Waals surface area contributed by atoms with Crippen molar-refractivity contribution in [3.63, 3.8) is 0 Å². The average molecular weight is 328 g/mol. The Hall–Kier alpha value is -2.47. The lowest BCUT2D eigenvalue weighted by molar-refractivity contribution is 0.102. The molecule has 2 aromatic rings. The van der Waals surface area contributed by atoms with Gasteiger partial charge in [0.2, 0.25) is 0 Å². The number of rotatable bonds is 6. The first kappa shape index (κ1) is 17.9. The number of hydrogen-bond donors (Lipinski definition) is 2. The van der Waals surface area contributed by atoms with Crippen LogP contribution in [0.1, 0.15) is 36.8 Å². The van der Waals surface area contributed by atoms with Crippen LogP contribution in [0.15, 0.2) is 36.7 Å². The Morgan fingerprint density at radius 3 is 2.67 bits per heavy atom. The summed E-state index contributed by atoms with van der Waals surface area (Å²) in [5.41, 5.74) is 2.12. The first-order chi connectivity index (χ1) is 11.4. The van der Waals surface area contributed by atoms with Crippen molar-refractivity contribution >= 4 is 17.4 Å². The Morgan fingerprint density at radius 1 is 1.21 bits per heavy atom. The molecule has 0 bridgehead atoms. The van der Waals surface area contributed by atoms with Crippen molar-refractivity contribution < 1.29 is 9.53 Å². The van der Waals surface area contributed by atoms with E-state index >= 15 is 0 Å². The number of anilines is 2. The predicted molar refractivity (Wildman–Crippen MR) is 95.5 cm³/mol. The summed E-state index contributed by atoms with van der Waals surface area (Å²) < 4.78 is 4.98. The van der Waals surface area contributed by atoms with Gasteiger partial charge >= 0.3 is 0 Å². The van der Waals surface area contributed by atoms with Crippen LogP contribution < -0.4 is 10.6 Å². The highest BCUT2D eigenvalue weighted by Gasteiger charge is 2.19. The zero-order valence-electron chi connectivity index (χ0n) is 14.6. The van der Waals surface area contributed by atoms with Crippen molar-refractivity contribution in [1.29, 1.82) is 0 Å². The monoisotopic (exact) mass is 328 g/mol. The molecule has 0 saturated carbocycles. The van der Waals surface area contributed by atoms with E-state index in [-0.39, 0.29) is 11.3 Å². The Labute approximate surface area is 142 Å². The second-order valence-electron chi connectivity index (χ2n) is 6.46. The average Bonchev–Trinajstić information content (AvgIpc) is 2.55. The van der Waals surface area contributed by atoms with Crippen molar-refractivity contribution in [2.45, 2.75) is 26.2 Å². The van der Waals surface area contributed by atoms with Gasteiger partial charge in [0.1, 0.15) is 17.8 Å². The highest BCUT2D eigenvalue weighted by atomic mass is 16.5. The van der Waals surface area contributed by atoms with Gasteiger partial charge in [-0.2, -0.15) is 0 Å². The molecular formula is C18H24N4O2. The van der Waals surface area contributed by atoms with Crippen LogP contribution >= 0.6 is 0 Å². The van der Waals surface area contributed by atoms with Gasteiger partial charge in [-0.15, -0.1) is 0 Å². The normalized spacial score (nSPS) is 11.2. The summed E-state index contributed by atoms with van der Waals surface area (Å²) in [6.07, 6.45) is 1.37. The minimum Gasteiger partial charge on any atom is -0.383 e. The zero-order chi connectivity index (χ0) is 17.6. The smallest absolute Gasteiger partial charge is 0.274 e. The number of benzene rings is 1. The third kappa shape index (κ3) is 4.76. The van der Waals surface area contributed by atoms with Gasteiger partial charge in [0.15, 0.2) is 0 Å². The van der Waals surface area contributed by atoms with Crippen LogP contribution in [0.3, 0.4) is 0 Å². The molecule has 24 heavy (non-hydrogen) atoms. The van der Waals surface area contributed by atoms with Gasteiger partial charge in [-0.1, -0.05) is 39.0 Å². The van der Waals surface area contributed by atoms with Crippen LogP contribution in [0, 0.1) is 0 Å². The minimum absolute atomic E-state index is 0.0670. The number of carbonyl (C=O) groups excluding carboxylic acids is 1. The fraction of sp³-hybridized carbons (Fsp3) is 0.389. The molecule has 0 atom stereocenters. The van der Waals surface area contributed by atoms with E-state index < -0.39 is 0 Å². The summed E-state index contributed by atoms with van der Waals surface area (Å²) in [5.74, 6) is 0.334. The molecule has 128 valence electrons. The van der Waals surface area contributed by atoms with Crippen LogP contribution in [0.5, 0.6) is 0 Å². The maximum atomic E-state index is 12.5. The molecule has 1 amide bonds. The van der Waals surface area contributed by atoms with Crippen LogP contribution in [0.4, 0.5) is 11.5 Å². The Bertz CT molecular complexity index is 695. The van der Waals surface area contributed by atoms with Crippen LogP contribution in [-0.2, 0) is 10.2 Å². The molecule has 0 saturated heterocycles. The molecular weight excluding hydrogens is 304 g/mol. The maximum Gasteiger partial charge on any atom is 0.274 e. The number of methoxy groups -OCH3 is 1. The fourth-order valence-corrected chi connectivity index (χ4v) is 2.29. The Kier molecular flexibility index (Phi) is 5.87. The van der Waals surface area contributed by atoms with Crippen molar-refractivity contribution in [3.05, 3.63) is 47.9 Å². The first-order valence-electron chi connectivity index (χ1n) is 7.87. The van der Waals surface area contributed by atoms with Crippen molar-refractivity contribution in [1.82, 2.24) is 9.97 Å². The summed E-state index contributed by atoms with van der Waals surface area (Å²) in [4.78, 5) is 20.7. The van der Waals surface area contributed by atoms with Crippen LogP contribution in [0.25, 0.3) is 0 Å². The molecule has 2 N–H and O–H groups in total. The molecule has 0 aliphatic carbocycles. The largest absolute Gasteiger partial charge is 0.383 e. The van der Waals surface area contributed by atoms with E-state index in [0.717, 1.165) is 11.3 Å². The van der Waals surface area contributed by atoms with Crippen molar-refractivity contribution in [2.75, 3.05) is 30.9 Å². The molecule has 0 unspecified atom stereocenters. The molecule has 0 radical (unpaired) electrons. The van der Waals surface area contributed by atoms with E-state index in [2.05, 4.69) is 41.4 Å². The van der Waals surface area contributed by atoms with Crippen LogP contribution in [0.2, 0.25) is 0 Å². The lowest BCUT2D eigenvalue weighted by atomic mass is 9.86. The van der Waals surface area contributed by atoms with Gasteiger partial charge in [-0.05, 0) is 17.0 Å². The van der Waals surface area contributed by atoms with E-state index in [9.17, 15) is 4.79 Å². The number of amides is 1. The number of ether oxygens (including phenoxy) is 1. The van der Waals surface area contributed by atoms with Gasteiger partial charge in [-0.25, -0.2) is 9.97 Å². The highest BCUT2D eigenvalue weighted by Crippen LogP contribution is 2.29. The summed E-state index contributed by atoms with van der Waals surface area (Å²) in [5, 5.41) is 6.03. The van der Waals surface area contributed by atoms with E-state index in [4.69, 9.17) is 4.74 Å². The summed E-state index contributed by atoms with van der Waals surface area (Å²) in [7, 11) is 1.63. The molecule has 0 spiro atoms. The lowest BCUT2D eigenvalue weighted by Crippen LogP contribution is -2.20.